The van der Waals surface area contributed by atoms with Crippen molar-refractivity contribution in [3.05, 3.63) is 41.6 Å². The SMILES string of the molecule is COC(=O)C1=CN(CC(=O)NCc2ccc(OC)cc2)S(=O)(=O)N=C1C. The Morgan fingerprint density at radius 2 is 1.85 bits per heavy atom. The maximum Gasteiger partial charge on any atom is 0.344 e. The quantitative estimate of drug-likeness (QED) is 0.713. The Labute approximate surface area is 151 Å². The highest BCUT2D eigenvalue weighted by Crippen LogP contribution is 2.17. The number of hydrogen-bond acceptors (Lipinski definition) is 6. The number of rotatable bonds is 6. The van der Waals surface area contributed by atoms with Crippen LogP contribution in [0.2, 0.25) is 0 Å². The van der Waals surface area contributed by atoms with Gasteiger partial charge in [0.05, 0.1) is 25.5 Å². The van der Waals surface area contributed by atoms with Crippen molar-refractivity contribution in [1.29, 1.82) is 0 Å². The highest BCUT2D eigenvalue weighted by Gasteiger charge is 2.29. The summed E-state index contributed by atoms with van der Waals surface area (Å²) in [4.78, 5) is 23.8. The third-order valence-corrected chi connectivity index (χ3v) is 4.90. The van der Waals surface area contributed by atoms with Crippen molar-refractivity contribution >= 4 is 27.8 Å². The number of carbonyl (C=O) groups excluding carboxylic acids is 2. The fraction of sp³-hybridized carbons (Fsp3) is 0.312. The highest BCUT2D eigenvalue weighted by atomic mass is 32.2. The van der Waals surface area contributed by atoms with Gasteiger partial charge in [0.1, 0.15) is 12.3 Å². The van der Waals surface area contributed by atoms with Gasteiger partial charge in [-0.2, -0.15) is 8.42 Å². The van der Waals surface area contributed by atoms with Crippen molar-refractivity contribution in [2.75, 3.05) is 20.8 Å². The van der Waals surface area contributed by atoms with Crippen molar-refractivity contribution in [3.63, 3.8) is 0 Å². The van der Waals surface area contributed by atoms with Crippen molar-refractivity contribution in [3.8, 4) is 5.75 Å². The summed E-state index contributed by atoms with van der Waals surface area (Å²) in [5.41, 5.74) is 0.803. The summed E-state index contributed by atoms with van der Waals surface area (Å²) in [6.07, 6.45) is 1.05. The topological polar surface area (TPSA) is 114 Å². The minimum absolute atomic E-state index is 0.00624. The van der Waals surface area contributed by atoms with Gasteiger partial charge in [-0.05, 0) is 24.6 Å². The Morgan fingerprint density at radius 3 is 2.42 bits per heavy atom. The third kappa shape index (κ3) is 4.60. The molecule has 9 nitrogen and oxygen atoms in total. The molecule has 0 bridgehead atoms. The van der Waals surface area contributed by atoms with Gasteiger partial charge in [-0.15, -0.1) is 4.40 Å². The van der Waals surface area contributed by atoms with Gasteiger partial charge in [-0.3, -0.25) is 4.79 Å². The summed E-state index contributed by atoms with van der Waals surface area (Å²) in [5.74, 6) is -0.586. The molecule has 0 unspecified atom stereocenters. The number of carbonyl (C=O) groups is 2. The predicted octanol–water partition coefficient (Wildman–Crippen LogP) is 0.390. The molecule has 0 radical (unpaired) electrons. The van der Waals surface area contributed by atoms with Crippen LogP contribution in [0.15, 0.2) is 40.4 Å². The van der Waals surface area contributed by atoms with Crippen LogP contribution in [0.25, 0.3) is 0 Å². The number of hydrogen-bond donors (Lipinski definition) is 1. The number of amides is 1. The van der Waals surface area contributed by atoms with E-state index in [2.05, 4.69) is 14.5 Å². The van der Waals surface area contributed by atoms with Crippen LogP contribution in [-0.4, -0.2) is 51.1 Å². The molecule has 10 heteroatoms. The van der Waals surface area contributed by atoms with E-state index in [4.69, 9.17) is 4.74 Å². The molecule has 1 N–H and O–H groups in total. The number of ether oxygens (including phenoxy) is 2. The number of methoxy groups -OCH3 is 2. The summed E-state index contributed by atoms with van der Waals surface area (Å²) >= 11 is 0. The summed E-state index contributed by atoms with van der Waals surface area (Å²) in [7, 11) is -1.35. The molecular formula is C16H19N3O6S. The molecule has 0 saturated heterocycles. The molecule has 0 fully saturated rings. The van der Waals surface area contributed by atoms with E-state index in [1.54, 1.807) is 31.4 Å². The van der Waals surface area contributed by atoms with Gasteiger partial charge in [-0.1, -0.05) is 12.1 Å². The average Bonchev–Trinajstić information content (AvgIpc) is 2.61. The minimum Gasteiger partial charge on any atom is -0.497 e. The summed E-state index contributed by atoms with van der Waals surface area (Å²) in [6, 6.07) is 7.05. The zero-order valence-corrected chi connectivity index (χ0v) is 15.4. The molecule has 1 amide bonds. The normalized spacial score (nSPS) is 15.6. The fourth-order valence-corrected chi connectivity index (χ4v) is 3.23. The molecule has 1 aliphatic rings. The highest BCUT2D eigenvalue weighted by molar-refractivity contribution is 7.88. The Bertz CT molecular complexity index is 858. The molecular weight excluding hydrogens is 362 g/mol. The van der Waals surface area contributed by atoms with Gasteiger partial charge in [0.25, 0.3) is 0 Å². The zero-order chi connectivity index (χ0) is 19.3. The van der Waals surface area contributed by atoms with Crippen LogP contribution in [0.4, 0.5) is 0 Å². The van der Waals surface area contributed by atoms with Crippen LogP contribution in [0.3, 0.4) is 0 Å². The van der Waals surface area contributed by atoms with Gasteiger partial charge in [0, 0.05) is 12.7 Å². The first kappa shape index (κ1) is 19.4. The summed E-state index contributed by atoms with van der Waals surface area (Å²) < 4.78 is 38.0. The van der Waals surface area contributed by atoms with Crippen molar-refractivity contribution < 1.29 is 27.5 Å². The number of nitrogens with zero attached hydrogens (tertiary/aromatic N) is 2. The molecule has 1 aromatic carbocycles. The minimum atomic E-state index is -4.07. The van der Waals surface area contributed by atoms with Crippen molar-refractivity contribution in [2.24, 2.45) is 4.40 Å². The summed E-state index contributed by atoms with van der Waals surface area (Å²) in [6.45, 7) is 1.09. The maximum atomic E-state index is 12.1. The van der Waals surface area contributed by atoms with E-state index in [1.807, 2.05) is 0 Å². The van der Waals surface area contributed by atoms with Crippen LogP contribution in [0, 0.1) is 0 Å². The maximum absolute atomic E-state index is 12.1. The van der Waals surface area contributed by atoms with Gasteiger partial charge in [0.2, 0.25) is 5.91 Å². The van der Waals surface area contributed by atoms with Crippen LogP contribution >= 0.6 is 0 Å². The Balaban J connectivity index is 2.04. The zero-order valence-electron chi connectivity index (χ0n) is 14.6. The van der Waals surface area contributed by atoms with Crippen LogP contribution in [0.1, 0.15) is 12.5 Å². The Morgan fingerprint density at radius 1 is 1.19 bits per heavy atom. The van der Waals surface area contributed by atoms with E-state index in [0.29, 0.717) is 10.1 Å². The lowest BCUT2D eigenvalue weighted by atomic mass is 10.2. The molecule has 0 aromatic heterocycles. The van der Waals surface area contributed by atoms with Gasteiger partial charge in [0.15, 0.2) is 0 Å². The Kier molecular flexibility index (Phi) is 5.98. The van der Waals surface area contributed by atoms with Crippen LogP contribution in [0.5, 0.6) is 5.75 Å². The monoisotopic (exact) mass is 381 g/mol. The first-order chi connectivity index (χ1) is 12.3. The van der Waals surface area contributed by atoms with Gasteiger partial charge >= 0.3 is 16.2 Å². The average molecular weight is 381 g/mol. The smallest absolute Gasteiger partial charge is 0.344 e. The molecule has 0 saturated carbocycles. The summed E-state index contributed by atoms with van der Waals surface area (Å²) in [5, 5.41) is 2.61. The lowest BCUT2D eigenvalue weighted by molar-refractivity contribution is -0.135. The van der Waals surface area contributed by atoms with E-state index in [9.17, 15) is 18.0 Å². The van der Waals surface area contributed by atoms with Gasteiger partial charge < -0.3 is 14.8 Å². The molecule has 2 rings (SSSR count). The number of nitrogens with one attached hydrogen (secondary N) is 1. The molecule has 0 atom stereocenters. The first-order valence-corrected chi connectivity index (χ1v) is 8.95. The van der Waals surface area contributed by atoms with Gasteiger partial charge in [-0.25, -0.2) is 9.10 Å². The molecule has 1 aromatic rings. The molecule has 140 valence electrons. The van der Waals surface area contributed by atoms with E-state index >= 15 is 0 Å². The lowest BCUT2D eigenvalue weighted by Crippen LogP contribution is -2.39. The molecule has 0 aliphatic carbocycles. The van der Waals surface area contributed by atoms with Crippen LogP contribution < -0.4 is 10.1 Å². The van der Waals surface area contributed by atoms with E-state index in [-0.39, 0.29) is 17.8 Å². The van der Waals surface area contributed by atoms with E-state index < -0.39 is 28.6 Å². The fourth-order valence-electron chi connectivity index (χ4n) is 2.16. The van der Waals surface area contributed by atoms with Crippen LogP contribution in [-0.2, 0) is 31.1 Å². The molecule has 26 heavy (non-hydrogen) atoms. The number of esters is 1. The molecule has 0 spiro atoms. The van der Waals surface area contributed by atoms with E-state index in [0.717, 1.165) is 11.8 Å². The Hall–Kier alpha value is -2.88. The predicted molar refractivity (Wildman–Crippen MR) is 93.7 cm³/mol. The second kappa shape index (κ2) is 8.00. The molecule has 1 aliphatic heterocycles. The standard InChI is InChI=1S/C16H19N3O6S/c1-11-14(16(21)25-3)9-19(26(22,23)18-11)10-15(20)17-8-12-4-6-13(24-2)7-5-12/h4-7,9H,8,10H2,1-3H3,(H,17,20). The van der Waals surface area contributed by atoms with Crippen molar-refractivity contribution in [1.82, 2.24) is 9.62 Å². The lowest BCUT2D eigenvalue weighted by Gasteiger charge is -2.22. The second-order valence-corrected chi connectivity index (χ2v) is 6.91. The first-order valence-electron chi connectivity index (χ1n) is 7.55. The second-order valence-electron chi connectivity index (χ2n) is 5.36. The molecule has 1 heterocycles. The van der Waals surface area contributed by atoms with E-state index in [1.165, 1.54) is 14.0 Å². The number of benzene rings is 1. The van der Waals surface area contributed by atoms with Crippen molar-refractivity contribution in [2.45, 2.75) is 13.5 Å². The largest absolute Gasteiger partial charge is 0.497 e. The third-order valence-electron chi connectivity index (χ3n) is 3.57.